The number of benzene rings is 2. The van der Waals surface area contributed by atoms with Crippen molar-refractivity contribution >= 4 is 22.3 Å². The van der Waals surface area contributed by atoms with Crippen molar-refractivity contribution < 1.29 is 4.39 Å². The molecule has 0 bridgehead atoms. The summed E-state index contributed by atoms with van der Waals surface area (Å²) < 4.78 is 13.4. The van der Waals surface area contributed by atoms with E-state index in [1.165, 1.54) is 12.1 Å². The van der Waals surface area contributed by atoms with Crippen LogP contribution in [0.4, 0.5) is 10.1 Å². The summed E-state index contributed by atoms with van der Waals surface area (Å²) in [6.07, 6.45) is 3.56. The SMILES string of the molecule is N=C1c2cc(F)ccc2CN1c1cccc2cnccc12. The fourth-order valence-corrected chi connectivity index (χ4v) is 2.85. The van der Waals surface area contributed by atoms with Crippen LogP contribution in [0.2, 0.25) is 0 Å². The van der Waals surface area contributed by atoms with Gasteiger partial charge >= 0.3 is 0 Å². The van der Waals surface area contributed by atoms with Gasteiger partial charge in [-0.25, -0.2) is 4.39 Å². The Morgan fingerprint density at radius 3 is 2.95 bits per heavy atom. The first kappa shape index (κ1) is 12.0. The normalized spacial score (nSPS) is 13.8. The first-order valence-electron chi connectivity index (χ1n) is 6.72. The summed E-state index contributed by atoms with van der Waals surface area (Å²) in [6, 6.07) is 12.5. The molecule has 0 fully saturated rings. The Balaban J connectivity index is 1.87. The van der Waals surface area contributed by atoms with Gasteiger partial charge in [0, 0.05) is 28.7 Å². The number of nitrogens with one attached hydrogen (secondary N) is 1. The van der Waals surface area contributed by atoms with Crippen molar-refractivity contribution in [3.05, 3.63) is 71.8 Å². The molecule has 1 aliphatic heterocycles. The largest absolute Gasteiger partial charge is 0.321 e. The highest BCUT2D eigenvalue weighted by molar-refractivity contribution is 6.15. The Morgan fingerprint density at radius 1 is 1.14 bits per heavy atom. The minimum atomic E-state index is -0.303. The number of nitrogens with zero attached hydrogens (tertiary/aromatic N) is 2. The molecule has 0 spiro atoms. The molecular weight excluding hydrogens is 265 g/mol. The van der Waals surface area contributed by atoms with Gasteiger partial charge in [0.2, 0.25) is 0 Å². The van der Waals surface area contributed by atoms with Gasteiger partial charge in [0.25, 0.3) is 0 Å². The summed E-state index contributed by atoms with van der Waals surface area (Å²) in [7, 11) is 0. The maximum Gasteiger partial charge on any atom is 0.133 e. The lowest BCUT2D eigenvalue weighted by Gasteiger charge is -2.20. The summed E-state index contributed by atoms with van der Waals surface area (Å²) in [6.45, 7) is 0.593. The molecule has 1 N–H and O–H groups in total. The molecule has 102 valence electrons. The molecule has 0 saturated heterocycles. The summed E-state index contributed by atoms with van der Waals surface area (Å²) >= 11 is 0. The van der Waals surface area contributed by atoms with Crippen LogP contribution >= 0.6 is 0 Å². The van der Waals surface area contributed by atoms with Gasteiger partial charge in [-0.3, -0.25) is 10.4 Å². The van der Waals surface area contributed by atoms with Crippen LogP contribution in [-0.2, 0) is 6.54 Å². The highest BCUT2D eigenvalue weighted by Gasteiger charge is 2.26. The number of amidine groups is 1. The summed E-state index contributed by atoms with van der Waals surface area (Å²) in [5.74, 6) is 0.0382. The molecule has 0 aliphatic carbocycles. The van der Waals surface area contributed by atoms with Gasteiger partial charge in [0.05, 0.1) is 12.2 Å². The minimum Gasteiger partial charge on any atom is -0.321 e. The van der Waals surface area contributed by atoms with Gasteiger partial charge < -0.3 is 4.90 Å². The van der Waals surface area contributed by atoms with Crippen LogP contribution in [0.15, 0.2) is 54.9 Å². The smallest absolute Gasteiger partial charge is 0.133 e. The van der Waals surface area contributed by atoms with E-state index in [9.17, 15) is 4.39 Å². The molecule has 21 heavy (non-hydrogen) atoms. The first-order valence-corrected chi connectivity index (χ1v) is 6.72. The van der Waals surface area contributed by atoms with E-state index in [-0.39, 0.29) is 5.82 Å². The Kier molecular flexibility index (Phi) is 2.51. The third-order valence-electron chi connectivity index (χ3n) is 3.87. The lowest BCUT2D eigenvalue weighted by molar-refractivity contribution is 0.627. The zero-order valence-corrected chi connectivity index (χ0v) is 11.2. The van der Waals surface area contributed by atoms with E-state index in [0.717, 1.165) is 22.0 Å². The Labute approximate surface area is 121 Å². The van der Waals surface area contributed by atoms with E-state index in [4.69, 9.17) is 5.41 Å². The first-order chi connectivity index (χ1) is 10.2. The second-order valence-corrected chi connectivity index (χ2v) is 5.11. The van der Waals surface area contributed by atoms with Crippen molar-refractivity contribution in [1.82, 2.24) is 4.98 Å². The molecule has 2 aromatic carbocycles. The average molecular weight is 277 g/mol. The monoisotopic (exact) mass is 277 g/mol. The molecule has 4 rings (SSSR count). The van der Waals surface area contributed by atoms with Crippen LogP contribution in [0, 0.1) is 11.2 Å². The topological polar surface area (TPSA) is 40.0 Å². The molecule has 0 radical (unpaired) electrons. The number of anilines is 1. The van der Waals surface area contributed by atoms with Crippen LogP contribution < -0.4 is 4.90 Å². The van der Waals surface area contributed by atoms with Gasteiger partial charge in [-0.15, -0.1) is 0 Å². The molecule has 0 unspecified atom stereocenters. The predicted octanol–water partition coefficient (Wildman–Crippen LogP) is 3.72. The zero-order chi connectivity index (χ0) is 14.4. The average Bonchev–Trinajstić information content (AvgIpc) is 2.83. The molecule has 3 aromatic rings. The molecule has 0 saturated carbocycles. The Hall–Kier alpha value is -2.75. The van der Waals surface area contributed by atoms with Crippen LogP contribution in [0.25, 0.3) is 10.8 Å². The van der Waals surface area contributed by atoms with E-state index in [1.54, 1.807) is 12.3 Å². The van der Waals surface area contributed by atoms with Crippen molar-refractivity contribution in [3.8, 4) is 0 Å². The molecule has 1 aromatic heterocycles. The second kappa shape index (κ2) is 4.38. The molecule has 3 nitrogen and oxygen atoms in total. The molecule has 0 atom stereocenters. The minimum absolute atomic E-state index is 0.303. The van der Waals surface area contributed by atoms with E-state index < -0.39 is 0 Å². The summed E-state index contributed by atoms with van der Waals surface area (Å²) in [5, 5.41) is 10.4. The van der Waals surface area contributed by atoms with Gasteiger partial charge in [0.15, 0.2) is 0 Å². The standard InChI is InChI=1S/C17H12FN3/c18-13-5-4-12-10-21(17(19)15(12)8-13)16-3-1-2-11-9-20-7-6-14(11)16/h1-9,19H,10H2. The highest BCUT2D eigenvalue weighted by atomic mass is 19.1. The maximum absolute atomic E-state index is 13.4. The van der Waals surface area contributed by atoms with E-state index in [0.29, 0.717) is 17.9 Å². The molecular formula is C17H12FN3. The second-order valence-electron chi connectivity index (χ2n) is 5.11. The van der Waals surface area contributed by atoms with Crippen molar-refractivity contribution in [3.63, 3.8) is 0 Å². The third kappa shape index (κ3) is 1.80. The zero-order valence-electron chi connectivity index (χ0n) is 11.2. The maximum atomic E-state index is 13.4. The van der Waals surface area contributed by atoms with Crippen LogP contribution in [-0.4, -0.2) is 10.8 Å². The molecule has 0 amide bonds. The number of hydrogen-bond donors (Lipinski definition) is 1. The number of fused-ring (bicyclic) bond motifs is 2. The quantitative estimate of drug-likeness (QED) is 0.736. The van der Waals surface area contributed by atoms with E-state index in [1.807, 2.05) is 35.4 Å². The molecule has 2 heterocycles. The fraction of sp³-hybridized carbons (Fsp3) is 0.0588. The summed E-state index contributed by atoms with van der Waals surface area (Å²) in [4.78, 5) is 6.04. The van der Waals surface area contributed by atoms with Crippen molar-refractivity contribution in [2.75, 3.05) is 4.90 Å². The van der Waals surface area contributed by atoms with Crippen LogP contribution in [0.5, 0.6) is 0 Å². The van der Waals surface area contributed by atoms with Gasteiger partial charge in [-0.2, -0.15) is 0 Å². The van der Waals surface area contributed by atoms with E-state index >= 15 is 0 Å². The Morgan fingerprint density at radius 2 is 2.05 bits per heavy atom. The van der Waals surface area contributed by atoms with Gasteiger partial charge in [0.1, 0.15) is 11.7 Å². The fourth-order valence-electron chi connectivity index (χ4n) is 2.85. The van der Waals surface area contributed by atoms with Crippen molar-refractivity contribution in [2.45, 2.75) is 6.54 Å². The third-order valence-corrected chi connectivity index (χ3v) is 3.87. The van der Waals surface area contributed by atoms with Gasteiger partial charge in [-0.1, -0.05) is 18.2 Å². The van der Waals surface area contributed by atoms with Crippen LogP contribution in [0.1, 0.15) is 11.1 Å². The molecule has 4 heteroatoms. The van der Waals surface area contributed by atoms with Gasteiger partial charge in [-0.05, 0) is 29.8 Å². The highest BCUT2D eigenvalue weighted by Crippen LogP contribution is 2.33. The number of pyridine rings is 1. The lowest BCUT2D eigenvalue weighted by Crippen LogP contribution is -2.23. The number of halogens is 1. The lowest BCUT2D eigenvalue weighted by atomic mass is 10.1. The predicted molar refractivity (Wildman–Crippen MR) is 81.2 cm³/mol. The Bertz CT molecular complexity index is 868. The number of aromatic nitrogens is 1. The van der Waals surface area contributed by atoms with Crippen LogP contribution in [0.3, 0.4) is 0 Å². The number of hydrogen-bond acceptors (Lipinski definition) is 2. The number of rotatable bonds is 1. The summed E-state index contributed by atoms with van der Waals surface area (Å²) in [5.41, 5.74) is 2.60. The van der Waals surface area contributed by atoms with Crippen molar-refractivity contribution in [2.24, 2.45) is 0 Å². The van der Waals surface area contributed by atoms with Crippen molar-refractivity contribution in [1.29, 1.82) is 5.41 Å². The van der Waals surface area contributed by atoms with E-state index in [2.05, 4.69) is 4.98 Å². The molecule has 1 aliphatic rings.